The van der Waals surface area contributed by atoms with Crippen LogP contribution in [0.1, 0.15) is 11.1 Å². The second kappa shape index (κ2) is 10.0. The molecule has 10 nitrogen and oxygen atoms in total. The van der Waals surface area contributed by atoms with E-state index >= 15 is 0 Å². The van der Waals surface area contributed by atoms with Crippen molar-refractivity contribution < 1.29 is 4.74 Å². The van der Waals surface area contributed by atoms with Gasteiger partial charge in [0, 0.05) is 75.4 Å². The number of rotatable bonds is 6. The van der Waals surface area contributed by atoms with Gasteiger partial charge >= 0.3 is 0 Å². The van der Waals surface area contributed by atoms with Crippen LogP contribution in [0, 0.1) is 28.6 Å². The summed E-state index contributed by atoms with van der Waals surface area (Å²) >= 11 is 0. The summed E-state index contributed by atoms with van der Waals surface area (Å²) in [5, 5.41) is 23.2. The molecule has 0 N–H and O–H groups in total. The average Bonchev–Trinajstić information content (AvgIpc) is 3.36. The lowest BCUT2D eigenvalue weighted by molar-refractivity contribution is 0.249. The van der Waals surface area contributed by atoms with Gasteiger partial charge in [0.2, 0.25) is 5.88 Å². The lowest BCUT2D eigenvalue weighted by atomic mass is 9.99. The van der Waals surface area contributed by atoms with Crippen LogP contribution in [0.5, 0.6) is 5.88 Å². The van der Waals surface area contributed by atoms with Crippen molar-refractivity contribution in [2.24, 2.45) is 5.92 Å². The molecule has 2 aliphatic heterocycles. The number of piperazine rings is 1. The molecule has 6 rings (SSSR count). The molecular formula is C28H27N9O. The van der Waals surface area contributed by atoms with Crippen LogP contribution in [0.15, 0.2) is 55.1 Å². The smallest absolute Gasteiger partial charge is 0.212 e. The van der Waals surface area contributed by atoms with Crippen LogP contribution < -0.4 is 14.5 Å². The van der Waals surface area contributed by atoms with Crippen molar-refractivity contribution in [3.63, 3.8) is 0 Å². The van der Waals surface area contributed by atoms with Crippen molar-refractivity contribution >= 4 is 17.0 Å². The van der Waals surface area contributed by atoms with Gasteiger partial charge in [-0.3, -0.25) is 4.90 Å². The molecule has 2 fully saturated rings. The molecule has 0 bridgehead atoms. The van der Waals surface area contributed by atoms with Crippen LogP contribution in [0.3, 0.4) is 0 Å². The van der Waals surface area contributed by atoms with Gasteiger partial charge in [-0.15, -0.1) is 0 Å². The van der Waals surface area contributed by atoms with Gasteiger partial charge in [-0.2, -0.15) is 15.6 Å². The number of pyridine rings is 3. The summed E-state index contributed by atoms with van der Waals surface area (Å²) in [5.74, 6) is 1.63. The van der Waals surface area contributed by atoms with Gasteiger partial charge in [0.1, 0.15) is 11.9 Å². The third-order valence-corrected chi connectivity index (χ3v) is 7.32. The van der Waals surface area contributed by atoms with E-state index in [-0.39, 0.29) is 5.92 Å². The maximum Gasteiger partial charge on any atom is 0.212 e. The van der Waals surface area contributed by atoms with Crippen molar-refractivity contribution in [1.82, 2.24) is 24.5 Å². The highest BCUT2D eigenvalue weighted by atomic mass is 16.5. The van der Waals surface area contributed by atoms with E-state index in [9.17, 15) is 10.5 Å². The Kier molecular flexibility index (Phi) is 6.24. The Bertz CT molecular complexity index is 1520. The van der Waals surface area contributed by atoms with Gasteiger partial charge in [0.05, 0.1) is 48.3 Å². The van der Waals surface area contributed by atoms with E-state index in [1.165, 1.54) is 5.56 Å². The predicted octanol–water partition coefficient (Wildman–Crippen LogP) is 2.95. The minimum atomic E-state index is 0.0516. The van der Waals surface area contributed by atoms with Crippen molar-refractivity contribution in [1.29, 1.82) is 10.5 Å². The zero-order valence-electron chi connectivity index (χ0n) is 21.2. The Morgan fingerprint density at radius 2 is 1.82 bits per heavy atom. The molecular weight excluding hydrogens is 478 g/mol. The summed E-state index contributed by atoms with van der Waals surface area (Å²) in [5.41, 5.74) is 5.30. The fourth-order valence-corrected chi connectivity index (χ4v) is 5.10. The van der Waals surface area contributed by atoms with Crippen molar-refractivity contribution in [2.75, 3.05) is 56.2 Å². The highest BCUT2D eigenvalue weighted by Crippen LogP contribution is 2.34. The Balaban J connectivity index is 1.18. The minimum absolute atomic E-state index is 0.0516. The molecule has 4 aromatic heterocycles. The van der Waals surface area contributed by atoms with E-state index in [2.05, 4.69) is 61.2 Å². The fraction of sp³-hybridized carbons (Fsp3) is 0.321. The monoisotopic (exact) mass is 505 g/mol. The molecule has 0 spiro atoms. The molecule has 6 heterocycles. The van der Waals surface area contributed by atoms with E-state index < -0.39 is 0 Å². The molecule has 0 unspecified atom stereocenters. The molecule has 0 aliphatic carbocycles. The lowest BCUT2D eigenvalue weighted by Gasteiger charge is -2.37. The quantitative estimate of drug-likeness (QED) is 0.391. The van der Waals surface area contributed by atoms with Crippen molar-refractivity contribution in [2.45, 2.75) is 6.54 Å². The number of nitrogens with zero attached hydrogens (tertiary/aromatic N) is 9. The number of ether oxygens (including phenoxy) is 1. The first kappa shape index (κ1) is 23.7. The maximum atomic E-state index is 9.67. The predicted molar refractivity (Wildman–Crippen MR) is 143 cm³/mol. The SMILES string of the molecule is COc1ccc(CN2CCN(c3ccc(-c4cc(N5CC(C#N)C5)cn5ncc(C#N)c45)cn3)CC2)cn1. The number of aromatic nitrogens is 4. The van der Waals surface area contributed by atoms with Gasteiger partial charge in [-0.25, -0.2) is 14.5 Å². The minimum Gasteiger partial charge on any atom is -0.481 e. The van der Waals surface area contributed by atoms with Crippen LogP contribution in [0.2, 0.25) is 0 Å². The first-order chi connectivity index (χ1) is 18.6. The first-order valence-electron chi connectivity index (χ1n) is 12.6. The topological polar surface area (TPSA) is 110 Å². The molecule has 0 amide bonds. The van der Waals surface area contributed by atoms with Gasteiger partial charge in [-0.1, -0.05) is 6.07 Å². The van der Waals surface area contributed by atoms with Gasteiger partial charge in [0.15, 0.2) is 0 Å². The molecule has 4 aromatic rings. The second-order valence-electron chi connectivity index (χ2n) is 9.68. The number of fused-ring (bicyclic) bond motifs is 1. The normalized spacial score (nSPS) is 16.2. The van der Waals surface area contributed by atoms with E-state index in [0.717, 1.165) is 60.9 Å². The van der Waals surface area contributed by atoms with Crippen LogP contribution in [-0.2, 0) is 6.54 Å². The van der Waals surface area contributed by atoms with Crippen LogP contribution in [0.4, 0.5) is 11.5 Å². The molecule has 0 aromatic carbocycles. The van der Waals surface area contributed by atoms with Crippen molar-refractivity contribution in [3.8, 4) is 29.1 Å². The van der Waals surface area contributed by atoms with E-state index in [0.29, 0.717) is 24.5 Å². The van der Waals surface area contributed by atoms with Crippen LogP contribution in [0.25, 0.3) is 16.6 Å². The number of hydrogen-bond donors (Lipinski definition) is 0. The zero-order chi connectivity index (χ0) is 26.1. The molecule has 2 aliphatic rings. The molecule has 38 heavy (non-hydrogen) atoms. The maximum absolute atomic E-state index is 9.67. The number of nitriles is 2. The molecule has 0 radical (unpaired) electrons. The summed E-state index contributed by atoms with van der Waals surface area (Å²) in [4.78, 5) is 16.0. The highest BCUT2D eigenvalue weighted by Gasteiger charge is 2.28. The molecule has 2 saturated heterocycles. The number of anilines is 2. The summed E-state index contributed by atoms with van der Waals surface area (Å²) in [6, 6.07) is 14.7. The summed E-state index contributed by atoms with van der Waals surface area (Å²) in [6.45, 7) is 5.94. The van der Waals surface area contributed by atoms with Crippen LogP contribution >= 0.6 is 0 Å². The number of methoxy groups -OCH3 is 1. The Morgan fingerprint density at radius 3 is 2.47 bits per heavy atom. The standard InChI is InChI=1S/C28H27N9O/c1-38-27-5-2-20(13-32-27)16-34-6-8-35(9-7-34)26-4-3-22(14-31-26)25-10-24(36-17-21(11-29)18-36)19-37-28(25)23(12-30)15-33-37/h2-5,10,13-15,19,21H,6-9,16-18H2,1H3. The second-order valence-corrected chi connectivity index (χ2v) is 9.68. The summed E-state index contributed by atoms with van der Waals surface area (Å²) in [6.07, 6.45) is 7.28. The molecule has 190 valence electrons. The third-order valence-electron chi connectivity index (χ3n) is 7.32. The molecule has 10 heteroatoms. The van der Waals surface area contributed by atoms with Gasteiger partial charge in [-0.05, 0) is 23.8 Å². The van der Waals surface area contributed by atoms with Crippen molar-refractivity contribution in [3.05, 3.63) is 66.2 Å². The largest absolute Gasteiger partial charge is 0.481 e. The first-order valence-corrected chi connectivity index (χ1v) is 12.6. The van der Waals surface area contributed by atoms with Gasteiger partial charge in [0.25, 0.3) is 0 Å². The molecule has 0 saturated carbocycles. The highest BCUT2D eigenvalue weighted by molar-refractivity contribution is 5.86. The zero-order valence-corrected chi connectivity index (χ0v) is 21.2. The Hall–Kier alpha value is -4.67. The van der Waals surface area contributed by atoms with Gasteiger partial charge < -0.3 is 14.5 Å². The molecule has 0 atom stereocenters. The third kappa shape index (κ3) is 4.47. The number of hydrogen-bond acceptors (Lipinski definition) is 9. The lowest BCUT2D eigenvalue weighted by Crippen LogP contribution is -2.46. The average molecular weight is 506 g/mol. The Morgan fingerprint density at radius 1 is 0.974 bits per heavy atom. The van der Waals surface area contributed by atoms with E-state index in [4.69, 9.17) is 9.72 Å². The van der Waals surface area contributed by atoms with Crippen LogP contribution in [-0.4, -0.2) is 70.9 Å². The van der Waals surface area contributed by atoms with E-state index in [1.54, 1.807) is 17.8 Å². The summed E-state index contributed by atoms with van der Waals surface area (Å²) in [7, 11) is 1.63. The fourth-order valence-electron chi connectivity index (χ4n) is 5.10. The summed E-state index contributed by atoms with van der Waals surface area (Å²) < 4.78 is 6.91. The Labute approximate surface area is 220 Å². The van der Waals surface area contributed by atoms with E-state index in [1.807, 2.05) is 24.7 Å².